The summed E-state index contributed by atoms with van der Waals surface area (Å²) in [5.41, 5.74) is 3.34. The lowest BCUT2D eigenvalue weighted by Crippen LogP contribution is -2.43. The van der Waals surface area contributed by atoms with Crippen LogP contribution in [-0.2, 0) is 22.5 Å². The first-order chi connectivity index (χ1) is 15.1. The van der Waals surface area contributed by atoms with Gasteiger partial charge in [-0.05, 0) is 37.5 Å². The molecule has 8 heteroatoms. The van der Waals surface area contributed by atoms with Crippen molar-refractivity contribution in [2.45, 2.75) is 26.8 Å². The third-order valence-electron chi connectivity index (χ3n) is 4.58. The fraction of sp³-hybridized carbons (Fsp3) is 0.417. The number of rotatable bonds is 12. The molecule has 3 N–H and O–H groups in total. The lowest BCUT2D eigenvalue weighted by Gasteiger charge is -2.15. The highest BCUT2D eigenvalue weighted by Crippen LogP contribution is 2.20. The number of guanidine groups is 1. The molecule has 2 aromatic carbocycles. The summed E-state index contributed by atoms with van der Waals surface area (Å²) in [6.07, 6.45) is 0.805. The van der Waals surface area contributed by atoms with Gasteiger partial charge in [-0.15, -0.1) is 24.0 Å². The van der Waals surface area contributed by atoms with E-state index in [1.54, 1.807) is 7.05 Å². The van der Waals surface area contributed by atoms with E-state index in [1.165, 1.54) is 5.56 Å². The highest BCUT2D eigenvalue weighted by atomic mass is 127. The smallest absolute Gasteiger partial charge is 0.239 e. The van der Waals surface area contributed by atoms with Crippen LogP contribution in [0.1, 0.15) is 23.6 Å². The minimum Gasteiger partial charge on any atom is -0.491 e. The van der Waals surface area contributed by atoms with Crippen LogP contribution >= 0.6 is 24.0 Å². The second-order valence-electron chi connectivity index (χ2n) is 7.02. The number of nitrogens with zero attached hydrogens (tertiary/aromatic N) is 1. The van der Waals surface area contributed by atoms with Crippen LogP contribution < -0.4 is 20.7 Å². The molecule has 2 rings (SSSR count). The van der Waals surface area contributed by atoms with Crippen molar-refractivity contribution in [2.24, 2.45) is 4.99 Å². The fourth-order valence-corrected chi connectivity index (χ4v) is 2.91. The molecule has 0 spiro atoms. The van der Waals surface area contributed by atoms with Gasteiger partial charge < -0.3 is 25.4 Å². The number of benzene rings is 2. The average molecular weight is 554 g/mol. The Morgan fingerprint density at radius 1 is 1.03 bits per heavy atom. The lowest BCUT2D eigenvalue weighted by atomic mass is 10.1. The number of nitrogens with one attached hydrogen (secondary N) is 3. The van der Waals surface area contributed by atoms with Gasteiger partial charge >= 0.3 is 0 Å². The zero-order valence-electron chi connectivity index (χ0n) is 19.1. The molecule has 0 unspecified atom stereocenters. The molecule has 0 atom stereocenters. The van der Waals surface area contributed by atoms with E-state index in [0.717, 1.165) is 23.3 Å². The van der Waals surface area contributed by atoms with Crippen molar-refractivity contribution < 1.29 is 14.3 Å². The van der Waals surface area contributed by atoms with E-state index < -0.39 is 0 Å². The molecule has 0 heterocycles. The van der Waals surface area contributed by atoms with Crippen LogP contribution in [0.5, 0.6) is 5.75 Å². The SMILES string of the molecule is CCOCCOc1cc(C)ccc1CNC(=NC)NCC(=O)NCCc1ccccc1.I. The highest BCUT2D eigenvalue weighted by Gasteiger charge is 2.07. The standard InChI is InChI=1S/C24H34N4O3.HI/c1-4-30-14-15-31-22-16-19(2)10-11-21(22)17-27-24(25-3)28-18-23(29)26-13-12-20-8-6-5-7-9-20;/h5-11,16H,4,12-15,17-18H2,1-3H3,(H,26,29)(H2,25,27,28);1H. The minimum absolute atomic E-state index is 0. The van der Waals surface area contributed by atoms with Crippen molar-refractivity contribution in [3.63, 3.8) is 0 Å². The Bertz CT molecular complexity index is 831. The topological polar surface area (TPSA) is 84.0 Å². The Labute approximate surface area is 208 Å². The van der Waals surface area contributed by atoms with Crippen LogP contribution in [0.2, 0.25) is 0 Å². The molecule has 176 valence electrons. The maximum absolute atomic E-state index is 12.1. The van der Waals surface area contributed by atoms with E-state index in [0.29, 0.717) is 38.9 Å². The number of halogens is 1. The molecule has 0 fully saturated rings. The van der Waals surface area contributed by atoms with Gasteiger partial charge in [-0.1, -0.05) is 42.5 Å². The summed E-state index contributed by atoms with van der Waals surface area (Å²) in [7, 11) is 1.68. The van der Waals surface area contributed by atoms with Crippen molar-refractivity contribution in [1.29, 1.82) is 0 Å². The van der Waals surface area contributed by atoms with Crippen molar-refractivity contribution in [2.75, 3.05) is 40.0 Å². The summed E-state index contributed by atoms with van der Waals surface area (Å²) in [5, 5.41) is 9.19. The first kappa shape index (κ1) is 27.7. The number of aryl methyl sites for hydroxylation is 1. The third-order valence-corrected chi connectivity index (χ3v) is 4.58. The zero-order valence-corrected chi connectivity index (χ0v) is 21.5. The molecule has 1 amide bonds. The molecule has 0 saturated heterocycles. The Balaban J connectivity index is 0.00000512. The molecule has 0 radical (unpaired) electrons. The van der Waals surface area contributed by atoms with Crippen LogP contribution in [0, 0.1) is 6.92 Å². The van der Waals surface area contributed by atoms with Gasteiger partial charge in [-0.3, -0.25) is 9.79 Å². The van der Waals surface area contributed by atoms with Crippen molar-refractivity contribution in [3.8, 4) is 5.75 Å². The number of hydrogen-bond acceptors (Lipinski definition) is 4. The van der Waals surface area contributed by atoms with E-state index >= 15 is 0 Å². The average Bonchev–Trinajstić information content (AvgIpc) is 2.78. The van der Waals surface area contributed by atoms with Gasteiger partial charge in [-0.2, -0.15) is 0 Å². The Morgan fingerprint density at radius 2 is 1.81 bits per heavy atom. The molecule has 0 aliphatic rings. The Morgan fingerprint density at radius 3 is 2.53 bits per heavy atom. The van der Waals surface area contributed by atoms with Crippen LogP contribution in [0.3, 0.4) is 0 Å². The zero-order chi connectivity index (χ0) is 22.3. The van der Waals surface area contributed by atoms with E-state index in [9.17, 15) is 4.79 Å². The van der Waals surface area contributed by atoms with Crippen LogP contribution in [-0.4, -0.2) is 51.8 Å². The van der Waals surface area contributed by atoms with Crippen LogP contribution in [0.25, 0.3) is 0 Å². The maximum Gasteiger partial charge on any atom is 0.239 e. The van der Waals surface area contributed by atoms with E-state index in [2.05, 4.69) is 33.1 Å². The van der Waals surface area contributed by atoms with Gasteiger partial charge in [0.05, 0.1) is 13.2 Å². The molecular formula is C24H35IN4O3. The first-order valence-electron chi connectivity index (χ1n) is 10.7. The summed E-state index contributed by atoms with van der Waals surface area (Å²) in [6.45, 7) is 7.00. The number of carbonyl (C=O) groups is 1. The van der Waals surface area contributed by atoms with Crippen LogP contribution in [0.4, 0.5) is 0 Å². The number of ether oxygens (including phenoxy) is 2. The number of carbonyl (C=O) groups excluding carboxylic acids is 1. The number of aliphatic imine (C=N–C) groups is 1. The minimum atomic E-state index is -0.0748. The van der Waals surface area contributed by atoms with Gasteiger partial charge in [0.15, 0.2) is 5.96 Å². The highest BCUT2D eigenvalue weighted by molar-refractivity contribution is 14.0. The lowest BCUT2D eigenvalue weighted by molar-refractivity contribution is -0.119. The normalized spacial score (nSPS) is 10.8. The summed E-state index contributed by atoms with van der Waals surface area (Å²) in [5.74, 6) is 1.30. The molecule has 0 aromatic heterocycles. The largest absolute Gasteiger partial charge is 0.491 e. The Kier molecular flexibility index (Phi) is 14.1. The molecule has 7 nitrogen and oxygen atoms in total. The monoisotopic (exact) mass is 554 g/mol. The van der Waals surface area contributed by atoms with Crippen LogP contribution in [0.15, 0.2) is 53.5 Å². The predicted octanol–water partition coefficient (Wildman–Crippen LogP) is 3.05. The molecule has 0 bridgehead atoms. The number of amides is 1. The van der Waals surface area contributed by atoms with Gasteiger partial charge in [0.25, 0.3) is 0 Å². The van der Waals surface area contributed by atoms with Crippen molar-refractivity contribution in [1.82, 2.24) is 16.0 Å². The Hall–Kier alpha value is -2.33. The quantitative estimate of drug-likeness (QED) is 0.163. The van der Waals surface area contributed by atoms with Crippen molar-refractivity contribution >= 4 is 35.8 Å². The fourth-order valence-electron chi connectivity index (χ4n) is 2.91. The summed E-state index contributed by atoms with van der Waals surface area (Å²) in [4.78, 5) is 16.3. The van der Waals surface area contributed by atoms with Gasteiger partial charge in [0, 0.05) is 32.3 Å². The molecule has 0 aliphatic heterocycles. The van der Waals surface area contributed by atoms with Gasteiger partial charge in [-0.25, -0.2) is 0 Å². The molecule has 0 aliphatic carbocycles. The van der Waals surface area contributed by atoms with Gasteiger partial charge in [0.2, 0.25) is 5.91 Å². The second kappa shape index (κ2) is 16.3. The summed E-state index contributed by atoms with van der Waals surface area (Å²) < 4.78 is 11.2. The van der Waals surface area contributed by atoms with E-state index in [1.807, 2.05) is 50.2 Å². The van der Waals surface area contributed by atoms with Gasteiger partial charge in [0.1, 0.15) is 12.4 Å². The summed E-state index contributed by atoms with van der Waals surface area (Å²) >= 11 is 0. The maximum atomic E-state index is 12.1. The second-order valence-corrected chi connectivity index (χ2v) is 7.02. The van der Waals surface area contributed by atoms with E-state index in [4.69, 9.17) is 9.47 Å². The molecular weight excluding hydrogens is 519 g/mol. The first-order valence-corrected chi connectivity index (χ1v) is 10.7. The molecule has 2 aromatic rings. The number of hydrogen-bond donors (Lipinski definition) is 3. The predicted molar refractivity (Wildman–Crippen MR) is 140 cm³/mol. The molecule has 0 saturated carbocycles. The summed E-state index contributed by atoms with van der Waals surface area (Å²) in [6, 6.07) is 16.2. The molecule has 32 heavy (non-hydrogen) atoms. The third kappa shape index (κ3) is 10.8. The van der Waals surface area contributed by atoms with E-state index in [-0.39, 0.29) is 36.4 Å². The van der Waals surface area contributed by atoms with Crippen molar-refractivity contribution in [3.05, 3.63) is 65.2 Å².